The summed E-state index contributed by atoms with van der Waals surface area (Å²) >= 11 is 0. The first-order chi connectivity index (χ1) is 15.8. The molecular formula is C25H26FNO5P+. The first-order valence-corrected chi connectivity index (χ1v) is 11.9. The second kappa shape index (κ2) is 11.2. The predicted molar refractivity (Wildman–Crippen MR) is 127 cm³/mol. The molecule has 3 aromatic rings. The Balaban J connectivity index is 1.92. The van der Waals surface area contributed by atoms with Gasteiger partial charge in [-0.3, -0.25) is 4.79 Å². The third-order valence-electron chi connectivity index (χ3n) is 5.04. The van der Waals surface area contributed by atoms with Crippen molar-refractivity contribution in [2.24, 2.45) is 0 Å². The van der Waals surface area contributed by atoms with Gasteiger partial charge in [-0.1, -0.05) is 44.2 Å². The first kappa shape index (κ1) is 24.6. The Morgan fingerprint density at radius 3 is 2.55 bits per heavy atom. The fraction of sp³-hybridized carbons (Fsp3) is 0.280. The molecule has 8 heteroatoms. The van der Waals surface area contributed by atoms with E-state index in [4.69, 9.17) is 14.6 Å². The quantitative estimate of drug-likeness (QED) is 0.365. The minimum atomic E-state index is -2.21. The molecule has 1 heterocycles. The van der Waals surface area contributed by atoms with Crippen LogP contribution in [-0.2, 0) is 13.9 Å². The lowest BCUT2D eigenvalue weighted by atomic mass is 9.90. The fourth-order valence-corrected chi connectivity index (χ4v) is 4.48. The van der Waals surface area contributed by atoms with Gasteiger partial charge in [0.05, 0.1) is 17.6 Å². The van der Waals surface area contributed by atoms with E-state index >= 15 is 0 Å². The molecule has 1 unspecified atom stereocenters. The Morgan fingerprint density at radius 1 is 1.18 bits per heavy atom. The number of aromatic nitrogens is 1. The number of fused-ring (bicyclic) bond motifs is 1. The first-order valence-electron chi connectivity index (χ1n) is 10.6. The van der Waals surface area contributed by atoms with Gasteiger partial charge in [-0.25, -0.2) is 9.37 Å². The van der Waals surface area contributed by atoms with Gasteiger partial charge in [0.15, 0.2) is 0 Å². The average Bonchev–Trinajstić information content (AvgIpc) is 2.75. The highest BCUT2D eigenvalue weighted by Crippen LogP contribution is 2.35. The lowest BCUT2D eigenvalue weighted by Gasteiger charge is -2.18. The van der Waals surface area contributed by atoms with Crippen molar-refractivity contribution in [1.29, 1.82) is 0 Å². The maximum Gasteiger partial charge on any atom is 0.511 e. The predicted octanol–water partition coefficient (Wildman–Crippen LogP) is 5.77. The number of aliphatic hydroxyl groups is 1. The molecule has 0 amide bonds. The van der Waals surface area contributed by atoms with Gasteiger partial charge in [0, 0.05) is 16.5 Å². The van der Waals surface area contributed by atoms with Gasteiger partial charge >= 0.3 is 14.0 Å². The SMILES string of the molecule is CC(C)c1c(/C=C/CO[P+](=O)C[C@@H](O)CC(=O)O)c(-c2ccc(F)cc2)nc2ccccc12. The molecular weight excluding hydrogens is 444 g/mol. The van der Waals surface area contributed by atoms with Crippen molar-refractivity contribution < 1.29 is 28.5 Å². The summed E-state index contributed by atoms with van der Waals surface area (Å²) in [7, 11) is -2.21. The van der Waals surface area contributed by atoms with E-state index in [0.29, 0.717) is 5.69 Å². The van der Waals surface area contributed by atoms with Crippen molar-refractivity contribution in [3.05, 3.63) is 71.6 Å². The van der Waals surface area contributed by atoms with Crippen molar-refractivity contribution in [2.75, 3.05) is 12.8 Å². The second-order valence-corrected chi connectivity index (χ2v) is 9.22. The average molecular weight is 470 g/mol. The van der Waals surface area contributed by atoms with Crippen molar-refractivity contribution in [1.82, 2.24) is 4.98 Å². The van der Waals surface area contributed by atoms with Crippen LogP contribution in [0.1, 0.15) is 37.3 Å². The molecule has 0 bridgehead atoms. The minimum absolute atomic E-state index is 0.0161. The summed E-state index contributed by atoms with van der Waals surface area (Å²) in [5, 5.41) is 19.3. The Labute approximate surface area is 192 Å². The molecule has 0 aliphatic rings. The minimum Gasteiger partial charge on any atom is -0.481 e. The zero-order chi connectivity index (χ0) is 24.0. The van der Waals surface area contributed by atoms with Gasteiger partial charge in [0.25, 0.3) is 0 Å². The van der Waals surface area contributed by atoms with Crippen molar-refractivity contribution >= 4 is 31.0 Å². The molecule has 0 radical (unpaired) electrons. The van der Waals surface area contributed by atoms with Crippen molar-refractivity contribution in [3.8, 4) is 11.3 Å². The van der Waals surface area contributed by atoms with E-state index in [1.165, 1.54) is 12.1 Å². The van der Waals surface area contributed by atoms with E-state index in [-0.39, 0.29) is 24.5 Å². The van der Waals surface area contributed by atoms with Crippen LogP contribution in [0.15, 0.2) is 54.6 Å². The number of carboxylic acid groups (broad SMARTS) is 1. The van der Waals surface area contributed by atoms with Gasteiger partial charge in [-0.15, -0.1) is 4.52 Å². The van der Waals surface area contributed by atoms with E-state index in [9.17, 15) is 18.9 Å². The molecule has 1 aromatic heterocycles. The normalized spacial score (nSPS) is 13.1. The van der Waals surface area contributed by atoms with Gasteiger partial charge in [0.2, 0.25) is 6.16 Å². The van der Waals surface area contributed by atoms with Crippen LogP contribution in [-0.4, -0.2) is 40.0 Å². The van der Waals surface area contributed by atoms with E-state index in [0.717, 1.165) is 27.6 Å². The molecule has 172 valence electrons. The molecule has 0 aliphatic carbocycles. The lowest BCUT2D eigenvalue weighted by Crippen LogP contribution is -2.15. The summed E-state index contributed by atoms with van der Waals surface area (Å²) < 4.78 is 30.8. The fourth-order valence-electron chi connectivity index (χ4n) is 3.65. The summed E-state index contributed by atoms with van der Waals surface area (Å²) in [4.78, 5) is 15.5. The van der Waals surface area contributed by atoms with Crippen LogP contribution in [0.25, 0.3) is 28.2 Å². The number of para-hydroxylation sites is 1. The number of hydrogen-bond acceptors (Lipinski definition) is 5. The van der Waals surface area contributed by atoms with Gasteiger partial charge < -0.3 is 10.2 Å². The van der Waals surface area contributed by atoms with Gasteiger partial charge in [-0.2, -0.15) is 0 Å². The highest BCUT2D eigenvalue weighted by molar-refractivity contribution is 7.39. The lowest BCUT2D eigenvalue weighted by molar-refractivity contribution is -0.138. The van der Waals surface area contributed by atoms with E-state index in [1.807, 2.05) is 30.3 Å². The number of rotatable bonds is 10. The summed E-state index contributed by atoms with van der Waals surface area (Å²) in [6, 6.07) is 14.0. The van der Waals surface area contributed by atoms with Gasteiger partial charge in [0.1, 0.15) is 18.5 Å². The van der Waals surface area contributed by atoms with Gasteiger partial charge in [-0.05, 0) is 46.4 Å². The molecule has 0 aliphatic heterocycles. The summed E-state index contributed by atoms with van der Waals surface area (Å²) in [5.41, 5.74) is 4.25. The number of benzene rings is 2. The Kier molecular flexibility index (Phi) is 8.39. The number of nitrogens with zero attached hydrogens (tertiary/aromatic N) is 1. The van der Waals surface area contributed by atoms with Crippen LogP contribution in [0.5, 0.6) is 0 Å². The number of aliphatic hydroxyl groups excluding tert-OH is 1. The van der Waals surface area contributed by atoms with E-state index in [2.05, 4.69) is 13.8 Å². The van der Waals surface area contributed by atoms with Crippen molar-refractivity contribution in [3.63, 3.8) is 0 Å². The monoisotopic (exact) mass is 470 g/mol. The largest absolute Gasteiger partial charge is 0.511 e. The highest BCUT2D eigenvalue weighted by Gasteiger charge is 2.25. The molecule has 6 nitrogen and oxygen atoms in total. The molecule has 0 fully saturated rings. The molecule has 33 heavy (non-hydrogen) atoms. The number of hydrogen-bond donors (Lipinski definition) is 2. The molecule has 2 N–H and O–H groups in total. The van der Waals surface area contributed by atoms with Crippen LogP contribution in [0.3, 0.4) is 0 Å². The third-order valence-corrected chi connectivity index (χ3v) is 6.19. The zero-order valence-corrected chi connectivity index (χ0v) is 19.3. The zero-order valence-electron chi connectivity index (χ0n) is 18.4. The maximum absolute atomic E-state index is 13.5. The molecule has 2 atom stereocenters. The Morgan fingerprint density at radius 2 is 1.88 bits per heavy atom. The molecule has 0 saturated heterocycles. The second-order valence-electron chi connectivity index (χ2n) is 7.93. The smallest absolute Gasteiger partial charge is 0.481 e. The highest BCUT2D eigenvalue weighted by atomic mass is 31.1. The van der Waals surface area contributed by atoms with Crippen LogP contribution in [0.4, 0.5) is 4.39 Å². The molecule has 0 spiro atoms. The topological polar surface area (TPSA) is 96.7 Å². The third kappa shape index (κ3) is 6.51. The number of aliphatic carboxylic acids is 1. The summed E-state index contributed by atoms with van der Waals surface area (Å²) in [6.45, 7) is 4.19. The maximum atomic E-state index is 13.5. The molecule has 2 aromatic carbocycles. The van der Waals surface area contributed by atoms with Crippen LogP contribution >= 0.6 is 8.03 Å². The molecule has 3 rings (SSSR count). The number of carboxylic acids is 1. The van der Waals surface area contributed by atoms with E-state index < -0.39 is 26.5 Å². The number of pyridine rings is 1. The standard InChI is InChI=1S/C25H25FNO5P/c1-16(2)24-20-6-3-4-8-22(20)27-25(17-9-11-18(26)12-10-17)21(24)7-5-13-32-33(31)15-19(28)14-23(29)30/h3-12,16,19,28H,13-15H2,1-2H3/p+1/b7-5+/t19-/m0/s1. The number of halogens is 1. The van der Waals surface area contributed by atoms with Crippen LogP contribution in [0, 0.1) is 5.82 Å². The van der Waals surface area contributed by atoms with Crippen LogP contribution < -0.4 is 0 Å². The van der Waals surface area contributed by atoms with Crippen molar-refractivity contribution in [2.45, 2.75) is 32.3 Å². The summed E-state index contributed by atoms with van der Waals surface area (Å²) in [6.07, 6.45) is 1.61. The summed E-state index contributed by atoms with van der Waals surface area (Å²) in [5.74, 6) is -1.33. The van der Waals surface area contributed by atoms with Crippen LogP contribution in [0.2, 0.25) is 0 Å². The number of carbonyl (C=O) groups is 1. The molecule has 0 saturated carbocycles. The Hall–Kier alpha value is -2.99. The Bertz CT molecular complexity index is 1180. The van der Waals surface area contributed by atoms with E-state index in [1.54, 1.807) is 18.2 Å².